The molecule has 1 aliphatic rings. The van der Waals surface area contributed by atoms with Gasteiger partial charge in [0.25, 0.3) is 5.91 Å². The van der Waals surface area contributed by atoms with E-state index in [0.717, 1.165) is 0 Å². The summed E-state index contributed by atoms with van der Waals surface area (Å²) >= 11 is 1.52. The number of carbonyl (C=O) groups excluding carboxylic acids is 2. The van der Waals surface area contributed by atoms with Crippen molar-refractivity contribution in [3.05, 3.63) is 29.8 Å². The Morgan fingerprint density at radius 3 is 2.87 bits per heavy atom. The van der Waals surface area contributed by atoms with Crippen LogP contribution < -0.4 is 15.5 Å². The van der Waals surface area contributed by atoms with Gasteiger partial charge in [-0.3, -0.25) is 9.69 Å². The predicted octanol–water partition coefficient (Wildman–Crippen LogP) is 1.15. The molecule has 1 heterocycles. The van der Waals surface area contributed by atoms with Gasteiger partial charge in [0.2, 0.25) is 0 Å². The molecule has 8 heteroatoms. The molecule has 0 aromatic heterocycles. The number of anilines is 1. The van der Waals surface area contributed by atoms with Crippen molar-refractivity contribution in [1.29, 1.82) is 0 Å². The number of carboxylic acid groups (broad SMARTS) is 1. The van der Waals surface area contributed by atoms with Gasteiger partial charge >= 0.3 is 12.0 Å². The summed E-state index contributed by atoms with van der Waals surface area (Å²) in [6, 6.07) is 5.48. The van der Waals surface area contributed by atoms with Crippen LogP contribution in [0.3, 0.4) is 0 Å². The highest BCUT2D eigenvalue weighted by molar-refractivity contribution is 7.98. The number of hydrogen-bond donors (Lipinski definition) is 3. The Labute approximate surface area is 138 Å². The molecule has 23 heavy (non-hydrogen) atoms. The Morgan fingerprint density at radius 2 is 2.26 bits per heavy atom. The van der Waals surface area contributed by atoms with Crippen LogP contribution in [0.15, 0.2) is 24.3 Å². The maximum Gasteiger partial charge on any atom is 0.326 e. The standard InChI is InChI=1S/C15H19N3O4S/c1-23-8-5-12(14(20)21)17-13(19)10-3-2-4-11(9-10)18-7-6-16-15(18)22/h2-4,9,12H,5-8H2,1H3,(H,16,22)(H,17,19)(H,20,21). The molecule has 0 aliphatic carbocycles. The molecule has 7 nitrogen and oxygen atoms in total. The fourth-order valence-corrected chi connectivity index (χ4v) is 2.74. The maximum atomic E-state index is 12.3. The van der Waals surface area contributed by atoms with E-state index in [-0.39, 0.29) is 6.03 Å². The number of nitrogens with zero attached hydrogens (tertiary/aromatic N) is 1. The fraction of sp³-hybridized carbons (Fsp3) is 0.400. The number of thioether (sulfide) groups is 1. The van der Waals surface area contributed by atoms with E-state index in [4.69, 9.17) is 0 Å². The summed E-state index contributed by atoms with van der Waals surface area (Å²) in [7, 11) is 0. The minimum Gasteiger partial charge on any atom is -0.480 e. The normalized spacial score (nSPS) is 15.2. The van der Waals surface area contributed by atoms with Crippen molar-refractivity contribution in [2.75, 3.05) is 30.0 Å². The molecular weight excluding hydrogens is 318 g/mol. The quantitative estimate of drug-likeness (QED) is 0.693. The molecule has 0 saturated carbocycles. The largest absolute Gasteiger partial charge is 0.480 e. The summed E-state index contributed by atoms with van der Waals surface area (Å²) in [5, 5.41) is 14.4. The zero-order valence-corrected chi connectivity index (χ0v) is 13.6. The summed E-state index contributed by atoms with van der Waals surface area (Å²) in [6.07, 6.45) is 2.24. The number of hydrogen-bond acceptors (Lipinski definition) is 4. The first-order valence-electron chi connectivity index (χ1n) is 7.21. The molecule has 0 bridgehead atoms. The zero-order chi connectivity index (χ0) is 16.8. The molecule has 1 fully saturated rings. The molecular formula is C15H19N3O4S. The highest BCUT2D eigenvalue weighted by Crippen LogP contribution is 2.18. The number of rotatable bonds is 7. The van der Waals surface area contributed by atoms with Gasteiger partial charge in [0.15, 0.2) is 0 Å². The lowest BCUT2D eigenvalue weighted by Crippen LogP contribution is -2.41. The molecule has 1 atom stereocenters. The molecule has 3 N–H and O–H groups in total. The molecule has 0 radical (unpaired) electrons. The second kappa shape index (κ2) is 7.87. The van der Waals surface area contributed by atoms with E-state index < -0.39 is 17.9 Å². The molecule has 124 valence electrons. The monoisotopic (exact) mass is 337 g/mol. The topological polar surface area (TPSA) is 98.7 Å². The Bertz CT molecular complexity index is 608. The maximum absolute atomic E-state index is 12.3. The number of nitrogens with one attached hydrogen (secondary N) is 2. The van der Waals surface area contributed by atoms with Crippen LogP contribution >= 0.6 is 11.8 Å². The molecule has 1 unspecified atom stereocenters. The Morgan fingerprint density at radius 1 is 1.48 bits per heavy atom. The SMILES string of the molecule is CSCCC(NC(=O)c1cccc(N2CCNC2=O)c1)C(=O)O. The van der Waals surface area contributed by atoms with Gasteiger partial charge in [-0.1, -0.05) is 6.07 Å². The van der Waals surface area contributed by atoms with Crippen LogP contribution in [-0.4, -0.2) is 54.2 Å². The summed E-state index contributed by atoms with van der Waals surface area (Å²) in [4.78, 5) is 36.7. The minimum atomic E-state index is -1.05. The molecule has 3 amide bonds. The second-order valence-corrected chi connectivity index (χ2v) is 6.07. The summed E-state index contributed by atoms with van der Waals surface area (Å²) < 4.78 is 0. The van der Waals surface area contributed by atoms with Gasteiger partial charge in [0, 0.05) is 24.3 Å². The third-order valence-corrected chi connectivity index (χ3v) is 4.13. The highest BCUT2D eigenvalue weighted by atomic mass is 32.2. The summed E-state index contributed by atoms with van der Waals surface area (Å²) in [5.41, 5.74) is 0.946. The van der Waals surface area contributed by atoms with Crippen LogP contribution in [0.5, 0.6) is 0 Å². The van der Waals surface area contributed by atoms with Gasteiger partial charge in [0.1, 0.15) is 6.04 Å². The molecule has 0 spiro atoms. The van der Waals surface area contributed by atoms with Crippen LogP contribution in [0.1, 0.15) is 16.8 Å². The lowest BCUT2D eigenvalue weighted by atomic mass is 10.1. The van der Waals surface area contributed by atoms with E-state index >= 15 is 0 Å². The Hall–Kier alpha value is -2.22. The van der Waals surface area contributed by atoms with Crippen molar-refractivity contribution in [3.8, 4) is 0 Å². The van der Waals surface area contributed by atoms with Gasteiger partial charge < -0.3 is 15.7 Å². The van der Waals surface area contributed by atoms with Crippen molar-refractivity contribution < 1.29 is 19.5 Å². The van der Waals surface area contributed by atoms with E-state index in [1.165, 1.54) is 11.8 Å². The molecule has 1 saturated heterocycles. The Balaban J connectivity index is 2.09. The van der Waals surface area contributed by atoms with Crippen LogP contribution in [0.4, 0.5) is 10.5 Å². The van der Waals surface area contributed by atoms with Crippen molar-refractivity contribution in [1.82, 2.24) is 10.6 Å². The third kappa shape index (κ3) is 4.38. The van der Waals surface area contributed by atoms with E-state index in [9.17, 15) is 19.5 Å². The first-order valence-corrected chi connectivity index (χ1v) is 8.60. The van der Waals surface area contributed by atoms with Crippen LogP contribution in [0, 0.1) is 0 Å². The number of carbonyl (C=O) groups is 3. The average Bonchev–Trinajstić information content (AvgIpc) is 2.97. The van der Waals surface area contributed by atoms with Crippen LogP contribution in [0.2, 0.25) is 0 Å². The lowest BCUT2D eigenvalue weighted by Gasteiger charge is -2.17. The Kier molecular flexibility index (Phi) is 5.86. The predicted molar refractivity (Wildman–Crippen MR) is 89.1 cm³/mol. The molecule has 1 aromatic carbocycles. The summed E-state index contributed by atoms with van der Waals surface area (Å²) in [5.74, 6) is -0.868. The van der Waals surface area contributed by atoms with Crippen LogP contribution in [0.25, 0.3) is 0 Å². The number of carboxylic acids is 1. The van der Waals surface area contributed by atoms with Crippen molar-refractivity contribution in [2.45, 2.75) is 12.5 Å². The van der Waals surface area contributed by atoms with Crippen molar-refractivity contribution in [3.63, 3.8) is 0 Å². The van der Waals surface area contributed by atoms with Crippen molar-refractivity contribution >= 4 is 35.4 Å². The average molecular weight is 337 g/mol. The van der Waals surface area contributed by atoms with Crippen molar-refractivity contribution in [2.24, 2.45) is 0 Å². The van der Waals surface area contributed by atoms with Gasteiger partial charge in [0.05, 0.1) is 0 Å². The molecule has 1 aliphatic heterocycles. The number of benzene rings is 1. The van der Waals surface area contributed by atoms with E-state index in [2.05, 4.69) is 10.6 Å². The van der Waals surface area contributed by atoms with Gasteiger partial charge in [-0.2, -0.15) is 11.8 Å². The molecule has 1 aromatic rings. The smallest absolute Gasteiger partial charge is 0.326 e. The first kappa shape index (κ1) is 17.1. The lowest BCUT2D eigenvalue weighted by molar-refractivity contribution is -0.139. The number of amides is 3. The third-order valence-electron chi connectivity index (χ3n) is 3.49. The van der Waals surface area contributed by atoms with E-state index in [1.54, 1.807) is 29.2 Å². The summed E-state index contributed by atoms with van der Waals surface area (Å²) in [6.45, 7) is 1.10. The fourth-order valence-electron chi connectivity index (χ4n) is 2.27. The number of aliphatic carboxylic acids is 1. The number of urea groups is 1. The highest BCUT2D eigenvalue weighted by Gasteiger charge is 2.23. The molecule has 2 rings (SSSR count). The van der Waals surface area contributed by atoms with Gasteiger partial charge in [-0.05, 0) is 36.6 Å². The van der Waals surface area contributed by atoms with Gasteiger partial charge in [-0.25, -0.2) is 9.59 Å². The van der Waals surface area contributed by atoms with E-state index in [1.807, 2.05) is 6.26 Å². The van der Waals surface area contributed by atoms with Gasteiger partial charge in [-0.15, -0.1) is 0 Å². The van der Waals surface area contributed by atoms with Crippen LogP contribution in [-0.2, 0) is 4.79 Å². The minimum absolute atomic E-state index is 0.203. The first-order chi connectivity index (χ1) is 11.0. The zero-order valence-electron chi connectivity index (χ0n) is 12.7. The second-order valence-electron chi connectivity index (χ2n) is 5.08. The van der Waals surface area contributed by atoms with E-state index in [0.29, 0.717) is 36.5 Å².